The second-order valence-electron chi connectivity index (χ2n) is 6.97. The Bertz CT molecular complexity index is 545. The van der Waals surface area contributed by atoms with E-state index in [0.717, 1.165) is 31.5 Å². The number of piperidine rings is 1. The Hall–Kier alpha value is -1.89. The number of hydrogen-bond donors (Lipinski definition) is 1. The van der Waals surface area contributed by atoms with Gasteiger partial charge in [-0.1, -0.05) is 0 Å². The Balaban J connectivity index is 1.90. The molecule has 7 nitrogen and oxygen atoms in total. The lowest BCUT2D eigenvalue weighted by Gasteiger charge is -2.36. The van der Waals surface area contributed by atoms with Crippen LogP contribution in [0.2, 0.25) is 0 Å². The van der Waals surface area contributed by atoms with E-state index in [1.54, 1.807) is 19.5 Å². The van der Waals surface area contributed by atoms with Gasteiger partial charge in [0.05, 0.1) is 7.11 Å². The lowest BCUT2D eigenvalue weighted by molar-refractivity contribution is 0.00992. The highest BCUT2D eigenvalue weighted by Gasteiger charge is 2.30. The molecule has 0 bridgehead atoms. The Morgan fingerprint density at radius 3 is 2.79 bits per heavy atom. The summed E-state index contributed by atoms with van der Waals surface area (Å²) >= 11 is 0. The Kier molecular flexibility index (Phi) is 6.36. The van der Waals surface area contributed by atoms with E-state index in [4.69, 9.17) is 9.47 Å². The summed E-state index contributed by atoms with van der Waals surface area (Å²) in [4.78, 5) is 22.7. The van der Waals surface area contributed by atoms with Crippen LogP contribution < -0.4 is 10.1 Å². The van der Waals surface area contributed by atoms with Gasteiger partial charge in [-0.3, -0.25) is 4.98 Å². The van der Waals surface area contributed by atoms with Crippen molar-refractivity contribution in [2.45, 2.75) is 58.2 Å². The molecule has 0 saturated carbocycles. The number of ether oxygens (including phenoxy) is 2. The summed E-state index contributed by atoms with van der Waals surface area (Å²) in [5.41, 5.74) is 0.291. The average Bonchev–Trinajstić information content (AvgIpc) is 2.54. The van der Waals surface area contributed by atoms with Crippen LogP contribution in [0.3, 0.4) is 0 Å². The summed E-state index contributed by atoms with van der Waals surface area (Å²) in [6, 6.07) is 0.135. The number of hydrogen-bond acceptors (Lipinski definition) is 6. The van der Waals surface area contributed by atoms with Gasteiger partial charge in [-0.25, -0.2) is 9.78 Å². The number of nitrogens with zero attached hydrogens (tertiary/aromatic N) is 3. The minimum atomic E-state index is -0.473. The molecule has 0 radical (unpaired) electrons. The summed E-state index contributed by atoms with van der Waals surface area (Å²) < 4.78 is 10.7. The predicted octanol–water partition coefficient (Wildman–Crippen LogP) is 2.36. The molecule has 1 atom stereocenters. The van der Waals surface area contributed by atoms with Crippen LogP contribution in [-0.4, -0.2) is 52.8 Å². The van der Waals surface area contributed by atoms with Gasteiger partial charge in [-0.05, 0) is 40.0 Å². The maximum absolute atomic E-state index is 12.4. The SMILES string of the molecule is COc1nccnc1CNC[C@H]1CCCCN1C(=O)OC(C)(C)C. The van der Waals surface area contributed by atoms with Gasteiger partial charge in [0.1, 0.15) is 11.3 Å². The molecule has 0 spiro atoms. The first-order valence-electron chi connectivity index (χ1n) is 8.45. The van der Waals surface area contributed by atoms with Crippen molar-refractivity contribution in [3.63, 3.8) is 0 Å². The highest BCUT2D eigenvalue weighted by atomic mass is 16.6. The summed E-state index contributed by atoms with van der Waals surface area (Å²) in [6.45, 7) is 7.66. The van der Waals surface area contributed by atoms with Gasteiger partial charge in [-0.2, -0.15) is 0 Å². The molecule has 1 aliphatic heterocycles. The van der Waals surface area contributed by atoms with E-state index in [0.29, 0.717) is 19.0 Å². The topological polar surface area (TPSA) is 76.6 Å². The zero-order valence-corrected chi connectivity index (χ0v) is 15.0. The summed E-state index contributed by atoms with van der Waals surface area (Å²) in [5.74, 6) is 0.526. The molecule has 2 heterocycles. The number of methoxy groups -OCH3 is 1. The van der Waals surface area contributed by atoms with E-state index in [2.05, 4.69) is 15.3 Å². The molecule has 7 heteroatoms. The minimum Gasteiger partial charge on any atom is -0.480 e. The smallest absolute Gasteiger partial charge is 0.410 e. The van der Waals surface area contributed by atoms with E-state index in [-0.39, 0.29) is 12.1 Å². The monoisotopic (exact) mass is 336 g/mol. The number of amides is 1. The van der Waals surface area contributed by atoms with Gasteiger partial charge < -0.3 is 19.7 Å². The lowest BCUT2D eigenvalue weighted by atomic mass is 10.0. The number of rotatable bonds is 5. The highest BCUT2D eigenvalue weighted by Crippen LogP contribution is 2.20. The van der Waals surface area contributed by atoms with Crippen molar-refractivity contribution in [1.82, 2.24) is 20.2 Å². The lowest BCUT2D eigenvalue weighted by Crippen LogP contribution is -2.50. The molecule has 1 aliphatic rings. The van der Waals surface area contributed by atoms with Crippen LogP contribution in [0.4, 0.5) is 4.79 Å². The molecule has 1 amide bonds. The first-order valence-corrected chi connectivity index (χ1v) is 8.45. The van der Waals surface area contributed by atoms with Gasteiger partial charge in [-0.15, -0.1) is 0 Å². The quantitative estimate of drug-likeness (QED) is 0.889. The van der Waals surface area contributed by atoms with Crippen LogP contribution in [0.5, 0.6) is 5.88 Å². The number of carbonyl (C=O) groups excluding carboxylic acids is 1. The van der Waals surface area contributed by atoms with E-state index < -0.39 is 5.60 Å². The molecule has 1 aromatic rings. The summed E-state index contributed by atoms with van der Waals surface area (Å²) in [5, 5.41) is 3.36. The van der Waals surface area contributed by atoms with Gasteiger partial charge in [0.25, 0.3) is 0 Å². The largest absolute Gasteiger partial charge is 0.480 e. The molecule has 0 aliphatic carbocycles. The Labute approximate surface area is 143 Å². The standard InChI is InChI=1S/C17H28N4O3/c1-17(2,3)24-16(22)21-10-6-5-7-13(21)11-18-12-14-15(23-4)20-9-8-19-14/h8-9,13,18H,5-7,10-12H2,1-4H3/t13-/m1/s1. The maximum atomic E-state index is 12.4. The molecule has 1 aromatic heterocycles. The Morgan fingerprint density at radius 1 is 1.33 bits per heavy atom. The van der Waals surface area contributed by atoms with Crippen molar-refractivity contribution < 1.29 is 14.3 Å². The highest BCUT2D eigenvalue weighted by molar-refractivity contribution is 5.68. The first kappa shape index (κ1) is 18.4. The normalized spacial score (nSPS) is 18.3. The molecule has 0 aromatic carbocycles. The molecule has 1 fully saturated rings. The first-order chi connectivity index (χ1) is 11.4. The number of nitrogens with one attached hydrogen (secondary N) is 1. The third-order valence-electron chi connectivity index (χ3n) is 3.86. The molecular weight excluding hydrogens is 308 g/mol. The van der Waals surface area contributed by atoms with E-state index in [1.165, 1.54) is 0 Å². The van der Waals surface area contributed by atoms with Gasteiger partial charge in [0.2, 0.25) is 5.88 Å². The average molecular weight is 336 g/mol. The second kappa shape index (κ2) is 8.28. The van der Waals surface area contributed by atoms with Gasteiger partial charge in [0, 0.05) is 38.1 Å². The van der Waals surface area contributed by atoms with Crippen molar-refractivity contribution in [2.24, 2.45) is 0 Å². The predicted molar refractivity (Wildman–Crippen MR) is 90.9 cm³/mol. The fourth-order valence-corrected chi connectivity index (χ4v) is 2.78. The van der Waals surface area contributed by atoms with Crippen LogP contribution in [0, 0.1) is 0 Å². The van der Waals surface area contributed by atoms with Gasteiger partial charge >= 0.3 is 6.09 Å². The van der Waals surface area contributed by atoms with Crippen LogP contribution in [0.1, 0.15) is 45.7 Å². The molecule has 24 heavy (non-hydrogen) atoms. The summed E-state index contributed by atoms with van der Waals surface area (Å²) in [7, 11) is 1.58. The second-order valence-corrected chi connectivity index (χ2v) is 6.97. The zero-order valence-electron chi connectivity index (χ0n) is 15.0. The minimum absolute atomic E-state index is 0.135. The van der Waals surface area contributed by atoms with Crippen molar-refractivity contribution in [2.75, 3.05) is 20.2 Å². The molecule has 1 N–H and O–H groups in total. The van der Waals surface area contributed by atoms with Crippen LogP contribution in [0.15, 0.2) is 12.4 Å². The van der Waals surface area contributed by atoms with E-state index >= 15 is 0 Å². The third-order valence-corrected chi connectivity index (χ3v) is 3.86. The Morgan fingerprint density at radius 2 is 2.08 bits per heavy atom. The third kappa shape index (κ3) is 5.33. The summed E-state index contributed by atoms with van der Waals surface area (Å²) in [6.07, 6.45) is 6.14. The molecule has 2 rings (SSSR count). The fraction of sp³-hybridized carbons (Fsp3) is 0.706. The maximum Gasteiger partial charge on any atom is 0.410 e. The molecule has 1 saturated heterocycles. The van der Waals surface area contributed by atoms with Crippen molar-refractivity contribution >= 4 is 6.09 Å². The van der Waals surface area contributed by atoms with E-state index in [9.17, 15) is 4.79 Å². The molecule has 0 unspecified atom stereocenters. The number of carbonyl (C=O) groups is 1. The number of aromatic nitrogens is 2. The fourth-order valence-electron chi connectivity index (χ4n) is 2.78. The van der Waals surface area contributed by atoms with E-state index in [1.807, 2.05) is 25.7 Å². The van der Waals surface area contributed by atoms with Crippen LogP contribution >= 0.6 is 0 Å². The molecule has 134 valence electrons. The molecular formula is C17H28N4O3. The van der Waals surface area contributed by atoms with Crippen molar-refractivity contribution in [1.29, 1.82) is 0 Å². The number of likely N-dealkylation sites (tertiary alicyclic amines) is 1. The van der Waals surface area contributed by atoms with Crippen LogP contribution in [0.25, 0.3) is 0 Å². The van der Waals surface area contributed by atoms with Gasteiger partial charge in [0.15, 0.2) is 0 Å². The zero-order chi connectivity index (χ0) is 17.6. The van der Waals surface area contributed by atoms with Crippen molar-refractivity contribution in [3.05, 3.63) is 18.1 Å². The van der Waals surface area contributed by atoms with Crippen molar-refractivity contribution in [3.8, 4) is 5.88 Å². The van der Waals surface area contributed by atoms with Crippen LogP contribution in [-0.2, 0) is 11.3 Å².